The molecule has 1 aromatic heterocycles. The third-order valence-corrected chi connectivity index (χ3v) is 7.20. The molecule has 7 heteroatoms. The van der Waals surface area contributed by atoms with Crippen molar-refractivity contribution in [3.8, 4) is 11.5 Å². The number of hydrogen-bond acceptors (Lipinski definition) is 6. The van der Waals surface area contributed by atoms with Crippen molar-refractivity contribution in [3.63, 3.8) is 0 Å². The van der Waals surface area contributed by atoms with Crippen LogP contribution in [-0.2, 0) is 17.8 Å². The summed E-state index contributed by atoms with van der Waals surface area (Å²) in [5, 5.41) is 2.79. The molecule has 1 atom stereocenters. The van der Waals surface area contributed by atoms with Gasteiger partial charge in [0.05, 0.1) is 11.4 Å². The van der Waals surface area contributed by atoms with E-state index in [4.69, 9.17) is 14.5 Å². The second-order valence-corrected chi connectivity index (χ2v) is 9.36. The second kappa shape index (κ2) is 9.53. The fourth-order valence-corrected chi connectivity index (χ4v) is 5.53. The SMILES string of the molecule is CCc1ccc(N(C(C)=O)c2nc(CN3CCC[C@H]3c3ccc4c(c3)OCCO4)cs2)cc1. The Bertz CT molecular complexity index is 1130. The molecule has 6 nitrogen and oxygen atoms in total. The van der Waals surface area contributed by atoms with Gasteiger partial charge in [-0.15, -0.1) is 11.3 Å². The molecule has 0 spiro atoms. The van der Waals surface area contributed by atoms with Gasteiger partial charge in [0.25, 0.3) is 0 Å². The number of aryl methyl sites for hydroxylation is 1. The van der Waals surface area contributed by atoms with E-state index in [0.29, 0.717) is 19.3 Å². The summed E-state index contributed by atoms with van der Waals surface area (Å²) in [4.78, 5) is 21.5. The number of benzene rings is 2. The number of ether oxygens (including phenoxy) is 2. The molecule has 0 aliphatic carbocycles. The van der Waals surface area contributed by atoms with Crippen molar-refractivity contribution in [1.29, 1.82) is 0 Å². The van der Waals surface area contributed by atoms with Crippen LogP contribution in [0, 0.1) is 0 Å². The number of fused-ring (bicyclic) bond motifs is 1. The number of likely N-dealkylation sites (tertiary alicyclic amines) is 1. The third-order valence-electron chi connectivity index (χ3n) is 6.33. The molecule has 1 saturated heterocycles. The molecule has 0 unspecified atom stereocenters. The van der Waals surface area contributed by atoms with Crippen LogP contribution >= 0.6 is 11.3 Å². The molecule has 0 radical (unpaired) electrons. The number of hydrogen-bond donors (Lipinski definition) is 0. The lowest BCUT2D eigenvalue weighted by atomic mass is 10.0. The topological polar surface area (TPSA) is 54.9 Å². The van der Waals surface area contributed by atoms with Crippen molar-refractivity contribution in [2.75, 3.05) is 24.7 Å². The Morgan fingerprint density at radius 1 is 1.15 bits per heavy atom. The number of aromatic nitrogens is 1. The highest BCUT2D eigenvalue weighted by atomic mass is 32.1. The van der Waals surface area contributed by atoms with Crippen LogP contribution in [0.4, 0.5) is 10.8 Å². The minimum Gasteiger partial charge on any atom is -0.486 e. The Kier molecular flexibility index (Phi) is 6.33. The molecule has 0 N–H and O–H groups in total. The molecule has 3 heterocycles. The standard InChI is InChI=1S/C26H29N3O3S/c1-3-19-6-9-22(10-7-19)29(18(2)30)26-27-21(17-33-26)16-28-12-4-5-23(28)20-8-11-24-25(15-20)32-14-13-31-24/h6-11,15,17,23H,3-5,12-14,16H2,1-2H3/t23-/m0/s1. The van der Waals surface area contributed by atoms with Gasteiger partial charge in [-0.1, -0.05) is 25.1 Å². The van der Waals surface area contributed by atoms with Gasteiger partial charge < -0.3 is 9.47 Å². The summed E-state index contributed by atoms with van der Waals surface area (Å²) in [6, 6.07) is 14.8. The lowest BCUT2D eigenvalue weighted by Gasteiger charge is -2.26. The number of thiazole rings is 1. The monoisotopic (exact) mass is 463 g/mol. The first kappa shape index (κ1) is 21.9. The summed E-state index contributed by atoms with van der Waals surface area (Å²) in [7, 11) is 0. The minimum atomic E-state index is -0.0320. The first-order valence-electron chi connectivity index (χ1n) is 11.6. The molecular weight excluding hydrogens is 434 g/mol. The van der Waals surface area contributed by atoms with Crippen LogP contribution < -0.4 is 14.4 Å². The minimum absolute atomic E-state index is 0.0320. The second-order valence-electron chi connectivity index (χ2n) is 8.53. The summed E-state index contributed by atoms with van der Waals surface area (Å²) in [6.07, 6.45) is 3.24. The Morgan fingerprint density at radius 3 is 2.70 bits per heavy atom. The van der Waals surface area contributed by atoms with Crippen LogP contribution in [-0.4, -0.2) is 35.5 Å². The zero-order chi connectivity index (χ0) is 22.8. The zero-order valence-corrected chi connectivity index (χ0v) is 19.9. The van der Waals surface area contributed by atoms with Crippen molar-refractivity contribution >= 4 is 28.1 Å². The van der Waals surface area contributed by atoms with Gasteiger partial charge in [-0.25, -0.2) is 4.98 Å². The largest absolute Gasteiger partial charge is 0.486 e. The normalized spacial score (nSPS) is 17.8. The molecular formula is C26H29N3O3S. The molecule has 1 fully saturated rings. The van der Waals surface area contributed by atoms with E-state index in [1.165, 1.54) is 22.5 Å². The maximum Gasteiger partial charge on any atom is 0.230 e. The molecule has 0 saturated carbocycles. The van der Waals surface area contributed by atoms with Crippen LogP contribution in [0.1, 0.15) is 49.6 Å². The van der Waals surface area contributed by atoms with E-state index in [-0.39, 0.29) is 5.91 Å². The Morgan fingerprint density at radius 2 is 1.94 bits per heavy atom. The highest BCUT2D eigenvalue weighted by Gasteiger charge is 2.28. The molecule has 172 valence electrons. The maximum atomic E-state index is 12.5. The van der Waals surface area contributed by atoms with Crippen LogP contribution in [0.25, 0.3) is 0 Å². The maximum absolute atomic E-state index is 12.5. The molecule has 5 rings (SSSR count). The summed E-state index contributed by atoms with van der Waals surface area (Å²) < 4.78 is 11.5. The van der Waals surface area contributed by atoms with Gasteiger partial charge in [-0.3, -0.25) is 14.6 Å². The predicted molar refractivity (Wildman–Crippen MR) is 131 cm³/mol. The Labute approximate surface area is 198 Å². The highest BCUT2D eigenvalue weighted by Crippen LogP contribution is 2.39. The highest BCUT2D eigenvalue weighted by molar-refractivity contribution is 7.14. The number of rotatable bonds is 6. The molecule has 2 aliphatic heterocycles. The van der Waals surface area contributed by atoms with Crippen molar-refractivity contribution < 1.29 is 14.3 Å². The van der Waals surface area contributed by atoms with Crippen molar-refractivity contribution in [1.82, 2.24) is 9.88 Å². The molecule has 33 heavy (non-hydrogen) atoms. The lowest BCUT2D eigenvalue weighted by Crippen LogP contribution is -2.24. The predicted octanol–water partition coefficient (Wildman–Crippen LogP) is 5.50. The summed E-state index contributed by atoms with van der Waals surface area (Å²) in [5.74, 6) is 1.64. The number of anilines is 2. The Balaban J connectivity index is 1.33. The van der Waals surface area contributed by atoms with Gasteiger partial charge in [0, 0.05) is 24.9 Å². The molecule has 3 aromatic rings. The van der Waals surface area contributed by atoms with Crippen LogP contribution in [0.5, 0.6) is 11.5 Å². The fraction of sp³-hybridized carbons (Fsp3) is 0.385. The van der Waals surface area contributed by atoms with E-state index in [2.05, 4.69) is 41.5 Å². The summed E-state index contributed by atoms with van der Waals surface area (Å²) in [5.41, 5.74) is 4.36. The van der Waals surface area contributed by atoms with Crippen molar-refractivity contribution in [3.05, 3.63) is 64.7 Å². The average molecular weight is 464 g/mol. The Hall–Kier alpha value is -2.90. The van der Waals surface area contributed by atoms with Gasteiger partial charge in [-0.05, 0) is 61.2 Å². The number of amides is 1. The lowest BCUT2D eigenvalue weighted by molar-refractivity contribution is -0.115. The fourth-order valence-electron chi connectivity index (χ4n) is 4.65. The molecule has 0 bridgehead atoms. The van der Waals surface area contributed by atoms with Crippen LogP contribution in [0.3, 0.4) is 0 Å². The number of carbonyl (C=O) groups is 1. The number of carbonyl (C=O) groups excluding carboxylic acids is 1. The van der Waals surface area contributed by atoms with E-state index >= 15 is 0 Å². The van der Waals surface area contributed by atoms with E-state index in [1.54, 1.807) is 11.8 Å². The van der Waals surface area contributed by atoms with Crippen molar-refractivity contribution in [2.24, 2.45) is 0 Å². The number of nitrogens with zero attached hydrogens (tertiary/aromatic N) is 3. The molecule has 1 amide bonds. The first-order valence-corrected chi connectivity index (χ1v) is 12.5. The van der Waals surface area contributed by atoms with Crippen LogP contribution in [0.2, 0.25) is 0 Å². The van der Waals surface area contributed by atoms with E-state index in [1.807, 2.05) is 18.2 Å². The van der Waals surface area contributed by atoms with E-state index < -0.39 is 0 Å². The first-order chi connectivity index (χ1) is 16.1. The average Bonchev–Trinajstić information content (AvgIpc) is 3.49. The smallest absolute Gasteiger partial charge is 0.230 e. The zero-order valence-electron chi connectivity index (χ0n) is 19.1. The van der Waals surface area contributed by atoms with E-state index in [0.717, 1.165) is 60.4 Å². The summed E-state index contributed by atoms with van der Waals surface area (Å²) in [6.45, 7) is 6.71. The van der Waals surface area contributed by atoms with Gasteiger partial charge >= 0.3 is 0 Å². The van der Waals surface area contributed by atoms with Crippen LogP contribution in [0.15, 0.2) is 47.8 Å². The quantitative estimate of drug-likeness (QED) is 0.483. The van der Waals surface area contributed by atoms with Gasteiger partial charge in [0.1, 0.15) is 13.2 Å². The van der Waals surface area contributed by atoms with E-state index in [9.17, 15) is 4.79 Å². The third kappa shape index (κ3) is 4.61. The van der Waals surface area contributed by atoms with Gasteiger partial charge in [0.15, 0.2) is 16.6 Å². The van der Waals surface area contributed by atoms with Gasteiger partial charge in [-0.2, -0.15) is 0 Å². The molecule has 2 aliphatic rings. The van der Waals surface area contributed by atoms with Crippen molar-refractivity contribution in [2.45, 2.75) is 45.7 Å². The summed E-state index contributed by atoms with van der Waals surface area (Å²) >= 11 is 1.52. The van der Waals surface area contributed by atoms with Gasteiger partial charge in [0.2, 0.25) is 5.91 Å². The molecule has 2 aromatic carbocycles.